The Kier molecular flexibility index (Phi) is 5.18. The summed E-state index contributed by atoms with van der Waals surface area (Å²) in [5.74, 6) is -0.608. The molecular formula is C16H18ClN5O3. The predicted molar refractivity (Wildman–Crippen MR) is 95.0 cm³/mol. The molecule has 9 heteroatoms. The summed E-state index contributed by atoms with van der Waals surface area (Å²) in [6.45, 7) is 1.77. The molecule has 1 N–H and O–H groups in total. The van der Waals surface area contributed by atoms with Crippen LogP contribution in [0.1, 0.15) is 19.3 Å². The fourth-order valence-corrected chi connectivity index (χ4v) is 3.06. The molecule has 1 aromatic carbocycles. The molecule has 1 fully saturated rings. The van der Waals surface area contributed by atoms with Crippen LogP contribution in [0.3, 0.4) is 0 Å². The van der Waals surface area contributed by atoms with Gasteiger partial charge in [0.15, 0.2) is 0 Å². The van der Waals surface area contributed by atoms with Crippen molar-refractivity contribution >= 4 is 34.7 Å². The summed E-state index contributed by atoms with van der Waals surface area (Å²) in [5, 5.41) is 17.8. The van der Waals surface area contributed by atoms with Crippen LogP contribution in [-0.2, 0) is 11.3 Å². The van der Waals surface area contributed by atoms with Crippen LogP contribution in [0.15, 0.2) is 30.5 Å². The molecule has 132 valence electrons. The number of hydrogen-bond acceptors (Lipinski definition) is 5. The lowest BCUT2D eigenvalue weighted by Gasteiger charge is -2.30. The van der Waals surface area contributed by atoms with Crippen molar-refractivity contribution < 1.29 is 9.72 Å². The molecule has 8 nitrogen and oxygen atoms in total. The first kappa shape index (κ1) is 17.2. The van der Waals surface area contributed by atoms with Crippen molar-refractivity contribution in [1.82, 2.24) is 9.78 Å². The Morgan fingerprint density at radius 1 is 1.28 bits per heavy atom. The minimum atomic E-state index is -0.597. The molecule has 0 atom stereocenters. The van der Waals surface area contributed by atoms with E-state index in [4.69, 9.17) is 11.6 Å². The lowest BCUT2D eigenvalue weighted by atomic mass is 10.1. The normalized spacial score (nSPS) is 14.4. The van der Waals surface area contributed by atoms with Crippen molar-refractivity contribution in [3.05, 3.63) is 45.6 Å². The molecule has 2 aromatic rings. The highest BCUT2D eigenvalue weighted by molar-refractivity contribution is 6.31. The van der Waals surface area contributed by atoms with Gasteiger partial charge >= 0.3 is 5.82 Å². The number of carbonyl (C=O) groups is 1. The van der Waals surface area contributed by atoms with E-state index in [0.717, 1.165) is 31.6 Å². The number of nitrogens with one attached hydrogen (secondary N) is 1. The Morgan fingerprint density at radius 3 is 2.72 bits per heavy atom. The molecule has 2 heterocycles. The first-order valence-electron chi connectivity index (χ1n) is 8.05. The molecule has 1 aliphatic heterocycles. The molecule has 0 radical (unpaired) electrons. The third-order valence-electron chi connectivity index (χ3n) is 4.05. The number of halogens is 1. The fraction of sp³-hybridized carbons (Fsp3) is 0.375. The van der Waals surface area contributed by atoms with Crippen LogP contribution in [0.5, 0.6) is 0 Å². The first-order valence-corrected chi connectivity index (χ1v) is 8.43. The Balaban J connectivity index is 1.73. The largest absolute Gasteiger partial charge is 0.389 e. The Hall–Kier alpha value is -2.61. The molecule has 0 saturated carbocycles. The van der Waals surface area contributed by atoms with Crippen molar-refractivity contribution in [2.75, 3.05) is 23.3 Å². The van der Waals surface area contributed by atoms with Gasteiger partial charge in [-0.1, -0.05) is 11.6 Å². The van der Waals surface area contributed by atoms with Crippen molar-refractivity contribution in [2.45, 2.75) is 25.8 Å². The van der Waals surface area contributed by atoms with Gasteiger partial charge in [0.1, 0.15) is 6.54 Å². The maximum Gasteiger partial charge on any atom is 0.389 e. The zero-order chi connectivity index (χ0) is 17.8. The molecule has 25 heavy (non-hydrogen) atoms. The van der Waals surface area contributed by atoms with Gasteiger partial charge in [0.2, 0.25) is 5.91 Å². The number of benzene rings is 1. The molecule has 1 amide bonds. The van der Waals surface area contributed by atoms with Gasteiger partial charge in [0.05, 0.1) is 28.7 Å². The van der Waals surface area contributed by atoms with E-state index in [1.165, 1.54) is 23.4 Å². The summed E-state index contributed by atoms with van der Waals surface area (Å²) >= 11 is 6.08. The summed E-state index contributed by atoms with van der Waals surface area (Å²) < 4.78 is 1.23. The number of aromatic nitrogens is 2. The average Bonchev–Trinajstić information content (AvgIpc) is 3.04. The standard InChI is InChI=1S/C16H18ClN5O3/c17-12-4-5-14(20-7-2-1-3-8-20)13(10-12)18-16(23)11-21-9-6-15(19-21)22(24)25/h4-6,9-10H,1-3,7-8,11H2,(H,18,23). The van der Waals surface area contributed by atoms with Crippen molar-refractivity contribution in [1.29, 1.82) is 0 Å². The van der Waals surface area contributed by atoms with E-state index in [1.807, 2.05) is 6.07 Å². The second-order valence-corrected chi connectivity index (χ2v) is 6.32. The number of nitrogens with zero attached hydrogens (tertiary/aromatic N) is 4. The molecule has 1 aliphatic rings. The van der Waals surface area contributed by atoms with Gasteiger partial charge in [0.25, 0.3) is 0 Å². The van der Waals surface area contributed by atoms with Gasteiger partial charge in [0, 0.05) is 18.1 Å². The minimum absolute atomic E-state index is 0.111. The molecule has 1 saturated heterocycles. The van der Waals surface area contributed by atoms with Crippen LogP contribution in [0.2, 0.25) is 5.02 Å². The van der Waals surface area contributed by atoms with E-state index < -0.39 is 4.92 Å². The van der Waals surface area contributed by atoms with Gasteiger partial charge in [-0.05, 0) is 42.4 Å². The molecule has 3 rings (SSSR count). The van der Waals surface area contributed by atoms with E-state index in [2.05, 4.69) is 15.3 Å². The van der Waals surface area contributed by atoms with Crippen molar-refractivity contribution in [3.63, 3.8) is 0 Å². The number of hydrogen-bond donors (Lipinski definition) is 1. The topological polar surface area (TPSA) is 93.3 Å². The number of rotatable bonds is 5. The van der Waals surface area contributed by atoms with Crippen LogP contribution < -0.4 is 10.2 Å². The van der Waals surface area contributed by atoms with Crippen LogP contribution in [0.4, 0.5) is 17.2 Å². The SMILES string of the molecule is O=C(Cn1ccc([N+](=O)[O-])n1)Nc1cc(Cl)ccc1N1CCCCC1. The third kappa shape index (κ3) is 4.27. The zero-order valence-electron chi connectivity index (χ0n) is 13.5. The number of amides is 1. The average molecular weight is 364 g/mol. The molecular weight excluding hydrogens is 346 g/mol. The van der Waals surface area contributed by atoms with Gasteiger partial charge in [-0.2, -0.15) is 4.68 Å². The highest BCUT2D eigenvalue weighted by Gasteiger charge is 2.18. The predicted octanol–water partition coefficient (Wildman–Crippen LogP) is 3.07. The molecule has 0 spiro atoms. The second kappa shape index (κ2) is 7.52. The first-order chi connectivity index (χ1) is 12.0. The summed E-state index contributed by atoms with van der Waals surface area (Å²) in [5.41, 5.74) is 1.57. The number of carbonyl (C=O) groups excluding carboxylic acids is 1. The Bertz CT molecular complexity index is 786. The Labute approximate surface area is 149 Å². The van der Waals surface area contributed by atoms with Gasteiger partial charge in [-0.15, -0.1) is 0 Å². The number of nitro groups is 1. The molecule has 0 bridgehead atoms. The monoisotopic (exact) mass is 363 g/mol. The quantitative estimate of drug-likeness (QED) is 0.650. The van der Waals surface area contributed by atoms with Crippen LogP contribution in [0.25, 0.3) is 0 Å². The van der Waals surface area contributed by atoms with Gasteiger partial charge in [-0.3, -0.25) is 4.79 Å². The maximum atomic E-state index is 12.3. The van der Waals surface area contributed by atoms with E-state index >= 15 is 0 Å². The summed E-state index contributed by atoms with van der Waals surface area (Å²) in [4.78, 5) is 24.6. The van der Waals surface area contributed by atoms with Crippen LogP contribution in [-0.4, -0.2) is 33.7 Å². The van der Waals surface area contributed by atoms with Gasteiger partial charge in [-0.25, -0.2) is 0 Å². The minimum Gasteiger partial charge on any atom is -0.370 e. The zero-order valence-corrected chi connectivity index (χ0v) is 14.3. The highest BCUT2D eigenvalue weighted by atomic mass is 35.5. The van der Waals surface area contributed by atoms with E-state index in [0.29, 0.717) is 10.7 Å². The fourth-order valence-electron chi connectivity index (χ4n) is 2.89. The summed E-state index contributed by atoms with van der Waals surface area (Å²) in [6, 6.07) is 6.68. The van der Waals surface area contributed by atoms with Crippen molar-refractivity contribution in [2.24, 2.45) is 0 Å². The molecule has 0 aliphatic carbocycles. The summed E-state index contributed by atoms with van der Waals surface area (Å²) in [6.07, 6.45) is 4.85. The maximum absolute atomic E-state index is 12.3. The third-order valence-corrected chi connectivity index (χ3v) is 4.28. The highest BCUT2D eigenvalue weighted by Crippen LogP contribution is 2.31. The van der Waals surface area contributed by atoms with E-state index in [1.54, 1.807) is 12.1 Å². The second-order valence-electron chi connectivity index (χ2n) is 5.89. The molecule has 0 unspecified atom stereocenters. The lowest BCUT2D eigenvalue weighted by molar-refractivity contribution is -0.389. The Morgan fingerprint density at radius 2 is 2.04 bits per heavy atom. The van der Waals surface area contributed by atoms with Crippen LogP contribution >= 0.6 is 11.6 Å². The van der Waals surface area contributed by atoms with Crippen LogP contribution in [0, 0.1) is 10.1 Å². The lowest BCUT2D eigenvalue weighted by Crippen LogP contribution is -2.30. The number of piperidine rings is 1. The summed E-state index contributed by atoms with van der Waals surface area (Å²) in [7, 11) is 0. The van der Waals surface area contributed by atoms with E-state index in [9.17, 15) is 14.9 Å². The molecule has 1 aromatic heterocycles. The number of anilines is 2. The van der Waals surface area contributed by atoms with Gasteiger partial charge < -0.3 is 20.3 Å². The smallest absolute Gasteiger partial charge is 0.370 e. The van der Waals surface area contributed by atoms with Crippen molar-refractivity contribution in [3.8, 4) is 0 Å². The van der Waals surface area contributed by atoms with E-state index in [-0.39, 0.29) is 18.3 Å².